The normalized spacial score (nSPS) is 14.7. The number of aryl methyl sites for hydroxylation is 1. The quantitative estimate of drug-likeness (QED) is 0.460. The van der Waals surface area contributed by atoms with Crippen molar-refractivity contribution in [2.24, 2.45) is 0 Å². The minimum atomic E-state index is -3.57. The molecule has 0 amide bonds. The van der Waals surface area contributed by atoms with Gasteiger partial charge in [-0.15, -0.1) is 0 Å². The van der Waals surface area contributed by atoms with Gasteiger partial charge in [0.1, 0.15) is 24.7 Å². The Hall–Kier alpha value is -2.89. The van der Waals surface area contributed by atoms with Gasteiger partial charge in [-0.05, 0) is 43.7 Å². The van der Waals surface area contributed by atoms with E-state index in [-0.39, 0.29) is 23.8 Å². The minimum Gasteiger partial charge on any atom is -0.490 e. The average Bonchev–Trinajstić information content (AvgIpc) is 3.11. The number of nitrogens with one attached hydrogen (secondary N) is 1. The van der Waals surface area contributed by atoms with Crippen molar-refractivity contribution in [3.05, 3.63) is 46.8 Å². The van der Waals surface area contributed by atoms with Crippen molar-refractivity contribution >= 4 is 22.0 Å². The number of carbonyl (C=O) groups is 2. The number of hydrogen-bond donors (Lipinski definition) is 1. The SMILES string of the molecule is COC(=O)c1c(C)[nH]c(C(=O)OCCOc2ccc(S(=O)(=O)N3CCOCC3)cc2)c1C. The maximum Gasteiger partial charge on any atom is 0.355 e. The number of aromatic amines is 1. The summed E-state index contributed by atoms with van der Waals surface area (Å²) >= 11 is 0. The summed E-state index contributed by atoms with van der Waals surface area (Å²) in [6.07, 6.45) is 0. The zero-order chi connectivity index (χ0) is 23.3. The average molecular weight is 467 g/mol. The molecule has 174 valence electrons. The molecule has 0 aliphatic carbocycles. The van der Waals surface area contributed by atoms with Crippen molar-refractivity contribution in [2.75, 3.05) is 46.6 Å². The topological polar surface area (TPSA) is 124 Å². The Morgan fingerprint density at radius 3 is 2.34 bits per heavy atom. The van der Waals surface area contributed by atoms with E-state index >= 15 is 0 Å². The van der Waals surface area contributed by atoms with Crippen LogP contribution in [0.5, 0.6) is 5.75 Å². The van der Waals surface area contributed by atoms with E-state index in [1.165, 1.54) is 23.5 Å². The first-order chi connectivity index (χ1) is 15.3. The molecule has 2 aromatic rings. The molecule has 32 heavy (non-hydrogen) atoms. The fraction of sp³-hybridized carbons (Fsp3) is 0.429. The molecule has 0 radical (unpaired) electrons. The van der Waals surface area contributed by atoms with Crippen LogP contribution < -0.4 is 4.74 Å². The molecule has 10 nitrogen and oxygen atoms in total. The third-order valence-electron chi connectivity index (χ3n) is 5.05. The number of benzene rings is 1. The van der Waals surface area contributed by atoms with Gasteiger partial charge in [0.25, 0.3) is 0 Å². The summed E-state index contributed by atoms with van der Waals surface area (Å²) in [6, 6.07) is 6.06. The highest BCUT2D eigenvalue weighted by molar-refractivity contribution is 7.89. The Balaban J connectivity index is 1.52. The number of methoxy groups -OCH3 is 1. The van der Waals surface area contributed by atoms with Gasteiger partial charge in [0.05, 0.1) is 30.8 Å². The highest BCUT2D eigenvalue weighted by Crippen LogP contribution is 2.21. The predicted molar refractivity (Wildman–Crippen MR) is 113 cm³/mol. The number of carbonyl (C=O) groups excluding carboxylic acids is 2. The van der Waals surface area contributed by atoms with Gasteiger partial charge in [-0.3, -0.25) is 0 Å². The van der Waals surface area contributed by atoms with Crippen molar-refractivity contribution in [3.63, 3.8) is 0 Å². The zero-order valence-corrected chi connectivity index (χ0v) is 19.0. The molecule has 0 unspecified atom stereocenters. The number of aromatic nitrogens is 1. The van der Waals surface area contributed by atoms with Crippen LogP contribution in [0.2, 0.25) is 0 Å². The van der Waals surface area contributed by atoms with Crippen LogP contribution in [0.1, 0.15) is 32.1 Å². The summed E-state index contributed by atoms with van der Waals surface area (Å²) in [7, 11) is -2.30. The monoisotopic (exact) mass is 466 g/mol. The number of ether oxygens (including phenoxy) is 4. The van der Waals surface area contributed by atoms with E-state index in [4.69, 9.17) is 18.9 Å². The summed E-state index contributed by atoms with van der Waals surface area (Å²) in [4.78, 5) is 27.2. The molecule has 1 aliphatic heterocycles. The Morgan fingerprint density at radius 2 is 1.72 bits per heavy atom. The van der Waals surface area contributed by atoms with E-state index in [1.807, 2.05) is 0 Å². The van der Waals surface area contributed by atoms with Gasteiger partial charge in [-0.1, -0.05) is 0 Å². The Labute approximate surface area is 186 Å². The summed E-state index contributed by atoms with van der Waals surface area (Å²) in [5.41, 5.74) is 1.46. The van der Waals surface area contributed by atoms with E-state index in [0.717, 1.165) is 0 Å². The van der Waals surface area contributed by atoms with Gasteiger partial charge in [0.2, 0.25) is 10.0 Å². The van der Waals surface area contributed by atoms with Crippen LogP contribution in [0, 0.1) is 13.8 Å². The Morgan fingerprint density at radius 1 is 1.06 bits per heavy atom. The molecule has 1 saturated heterocycles. The molecule has 2 heterocycles. The van der Waals surface area contributed by atoms with Crippen molar-refractivity contribution in [1.82, 2.24) is 9.29 Å². The highest BCUT2D eigenvalue weighted by atomic mass is 32.2. The maximum absolute atomic E-state index is 12.6. The summed E-state index contributed by atoms with van der Waals surface area (Å²) in [5.74, 6) is -0.698. The lowest BCUT2D eigenvalue weighted by atomic mass is 10.1. The van der Waals surface area contributed by atoms with Gasteiger partial charge in [0, 0.05) is 18.8 Å². The highest BCUT2D eigenvalue weighted by Gasteiger charge is 2.26. The first-order valence-corrected chi connectivity index (χ1v) is 11.4. The van der Waals surface area contributed by atoms with E-state index < -0.39 is 22.0 Å². The van der Waals surface area contributed by atoms with E-state index in [9.17, 15) is 18.0 Å². The first kappa shape index (κ1) is 23.8. The summed E-state index contributed by atoms with van der Waals surface area (Å²) < 4.78 is 47.3. The molecule has 3 rings (SSSR count). The second kappa shape index (κ2) is 10.2. The van der Waals surface area contributed by atoms with Crippen LogP contribution in [0.3, 0.4) is 0 Å². The van der Waals surface area contributed by atoms with Gasteiger partial charge in [-0.25, -0.2) is 18.0 Å². The van der Waals surface area contributed by atoms with E-state index in [0.29, 0.717) is 48.9 Å². The Kier molecular flexibility index (Phi) is 7.54. The maximum atomic E-state index is 12.6. The van der Waals surface area contributed by atoms with E-state index in [1.54, 1.807) is 26.0 Å². The fourth-order valence-corrected chi connectivity index (χ4v) is 4.78. The molecular formula is C21H26N2O8S. The molecule has 0 bridgehead atoms. The van der Waals surface area contributed by atoms with Crippen LogP contribution in [-0.4, -0.2) is 76.3 Å². The van der Waals surface area contributed by atoms with Crippen LogP contribution in [0.25, 0.3) is 0 Å². The molecule has 0 spiro atoms. The molecule has 0 atom stereocenters. The van der Waals surface area contributed by atoms with Crippen LogP contribution in [0.15, 0.2) is 29.2 Å². The standard InChI is InChI=1S/C21H26N2O8S/c1-14-18(20(24)28-3)15(2)22-19(14)21(25)31-13-12-30-16-4-6-17(7-5-16)32(26,27)23-8-10-29-11-9-23/h4-7,22H,8-13H2,1-3H3. The van der Waals surface area contributed by atoms with Gasteiger partial charge in [-0.2, -0.15) is 4.31 Å². The van der Waals surface area contributed by atoms with Gasteiger partial charge in [0.15, 0.2) is 0 Å². The third-order valence-corrected chi connectivity index (χ3v) is 6.96. The summed E-state index contributed by atoms with van der Waals surface area (Å²) in [6.45, 7) is 4.76. The molecule has 1 N–H and O–H groups in total. The fourth-order valence-electron chi connectivity index (χ4n) is 3.37. The molecule has 1 aromatic carbocycles. The molecule has 1 fully saturated rings. The Bertz CT molecular complexity index is 1070. The molecule has 11 heteroatoms. The molecule has 1 aliphatic rings. The van der Waals surface area contributed by atoms with Crippen molar-refractivity contribution in [1.29, 1.82) is 0 Å². The van der Waals surface area contributed by atoms with Crippen molar-refractivity contribution in [2.45, 2.75) is 18.7 Å². The zero-order valence-electron chi connectivity index (χ0n) is 18.2. The van der Waals surface area contributed by atoms with Gasteiger partial charge >= 0.3 is 11.9 Å². The lowest BCUT2D eigenvalue weighted by Crippen LogP contribution is -2.40. The number of morpholine rings is 1. The van der Waals surface area contributed by atoms with Crippen LogP contribution >= 0.6 is 0 Å². The third kappa shape index (κ3) is 5.12. The predicted octanol–water partition coefficient (Wildman–Crippen LogP) is 1.67. The second-order valence-electron chi connectivity index (χ2n) is 7.09. The molecule has 0 saturated carbocycles. The number of H-pyrrole nitrogens is 1. The van der Waals surface area contributed by atoms with Crippen molar-refractivity contribution in [3.8, 4) is 5.75 Å². The number of hydrogen-bond acceptors (Lipinski definition) is 8. The number of esters is 2. The minimum absolute atomic E-state index is 0.0300. The molecular weight excluding hydrogens is 440 g/mol. The lowest BCUT2D eigenvalue weighted by Gasteiger charge is -2.26. The lowest BCUT2D eigenvalue weighted by molar-refractivity contribution is 0.0443. The number of rotatable bonds is 8. The van der Waals surface area contributed by atoms with Crippen LogP contribution in [-0.2, 0) is 24.2 Å². The number of nitrogens with zero attached hydrogens (tertiary/aromatic N) is 1. The smallest absolute Gasteiger partial charge is 0.355 e. The summed E-state index contributed by atoms with van der Waals surface area (Å²) in [5, 5.41) is 0. The second-order valence-corrected chi connectivity index (χ2v) is 9.03. The van der Waals surface area contributed by atoms with Gasteiger partial charge < -0.3 is 23.9 Å². The largest absolute Gasteiger partial charge is 0.490 e. The first-order valence-electron chi connectivity index (χ1n) is 10.0. The molecule has 1 aromatic heterocycles. The van der Waals surface area contributed by atoms with Crippen LogP contribution in [0.4, 0.5) is 0 Å². The van der Waals surface area contributed by atoms with Crippen molar-refractivity contribution < 1.29 is 37.0 Å². The van der Waals surface area contributed by atoms with E-state index in [2.05, 4.69) is 4.98 Å². The number of sulfonamides is 1.